The zero-order chi connectivity index (χ0) is 34.3. The predicted molar refractivity (Wildman–Crippen MR) is 190 cm³/mol. The zero-order valence-corrected chi connectivity index (χ0v) is 30.8. The summed E-state index contributed by atoms with van der Waals surface area (Å²) in [4.78, 5) is 48.1. The van der Waals surface area contributed by atoms with Gasteiger partial charge in [0, 0.05) is 73.5 Å². The van der Waals surface area contributed by atoms with Gasteiger partial charge in [-0.2, -0.15) is 0 Å². The van der Waals surface area contributed by atoms with E-state index in [4.69, 9.17) is 9.47 Å². The van der Waals surface area contributed by atoms with E-state index in [-0.39, 0.29) is 29.2 Å². The summed E-state index contributed by atoms with van der Waals surface area (Å²) in [6.07, 6.45) is 5.48. The molecule has 1 atom stereocenters. The molecule has 0 aromatic heterocycles. The van der Waals surface area contributed by atoms with Gasteiger partial charge in [-0.1, -0.05) is 34.1 Å². The molecule has 2 aromatic carbocycles. The van der Waals surface area contributed by atoms with Crippen LogP contribution in [-0.4, -0.2) is 89.1 Å². The van der Waals surface area contributed by atoms with Gasteiger partial charge in [0.15, 0.2) is 5.60 Å². The van der Waals surface area contributed by atoms with Gasteiger partial charge in [0.1, 0.15) is 11.4 Å². The number of nitrogens with zero attached hydrogens (tertiary/aromatic N) is 4. The minimum absolute atomic E-state index is 0.0253. The van der Waals surface area contributed by atoms with E-state index >= 15 is 0 Å². The van der Waals surface area contributed by atoms with Gasteiger partial charge in [-0.3, -0.25) is 9.59 Å². The predicted octanol–water partition coefficient (Wildman–Crippen LogP) is 6.87. The molecule has 3 aliphatic heterocycles. The molecule has 6 rings (SSSR count). The summed E-state index contributed by atoms with van der Waals surface area (Å²) in [5, 5.41) is 0. The molecule has 3 heterocycles. The third-order valence-corrected chi connectivity index (χ3v) is 10.7. The van der Waals surface area contributed by atoms with Crippen molar-refractivity contribution in [3.8, 4) is 5.75 Å². The Morgan fingerprint density at radius 1 is 0.917 bits per heavy atom. The second-order valence-electron chi connectivity index (χ2n) is 15.8. The maximum atomic E-state index is 13.9. The molecule has 4 aliphatic rings. The van der Waals surface area contributed by atoms with Gasteiger partial charge in [0.2, 0.25) is 5.91 Å². The molecule has 260 valence electrons. The van der Waals surface area contributed by atoms with Gasteiger partial charge in [0.25, 0.3) is 5.91 Å². The Hall–Kier alpha value is -3.27. The van der Waals surface area contributed by atoms with Crippen molar-refractivity contribution in [2.24, 2.45) is 11.3 Å². The van der Waals surface area contributed by atoms with Crippen molar-refractivity contribution >= 4 is 39.5 Å². The molecule has 1 aliphatic carbocycles. The standard InChI is InChI=1S/C38H51BrN4O5/c1-36(2,3)48-35(46)40-20-17-38(18-21-40)25-42(26-38)34(45)37(4,5)47-32-10-6-9-31(22-32)41-19-7-8-28(24-41)33(44)43(30-15-16-30)23-27-11-13-29(39)14-12-27/h6,9-14,22,28,30H,7-8,15-21,23-26H2,1-5H3/t28-/m1/s1. The molecule has 1 spiro atoms. The van der Waals surface area contributed by atoms with E-state index in [1.165, 1.54) is 0 Å². The van der Waals surface area contributed by atoms with E-state index in [0.717, 1.165) is 60.8 Å². The number of carbonyl (C=O) groups excluding carboxylic acids is 3. The molecule has 48 heavy (non-hydrogen) atoms. The van der Waals surface area contributed by atoms with E-state index in [0.29, 0.717) is 51.1 Å². The summed E-state index contributed by atoms with van der Waals surface area (Å²) in [5.41, 5.74) is 0.684. The summed E-state index contributed by atoms with van der Waals surface area (Å²) in [6, 6.07) is 16.6. The smallest absolute Gasteiger partial charge is 0.410 e. The Morgan fingerprint density at radius 3 is 2.25 bits per heavy atom. The second-order valence-corrected chi connectivity index (χ2v) is 16.8. The average Bonchev–Trinajstić information content (AvgIpc) is 3.87. The first-order chi connectivity index (χ1) is 22.7. The SMILES string of the molecule is CC(C)(C)OC(=O)N1CCC2(CC1)CN(C(=O)C(C)(C)Oc1cccc(N3CCC[C@@H](C(=O)N(Cc4ccc(Br)cc4)C4CC4)C3)c1)C2. The number of anilines is 1. The van der Waals surface area contributed by atoms with Crippen LogP contribution in [0.5, 0.6) is 5.75 Å². The number of ether oxygens (including phenoxy) is 2. The Labute approximate surface area is 294 Å². The van der Waals surface area contributed by atoms with Crippen LogP contribution >= 0.6 is 15.9 Å². The fourth-order valence-electron chi connectivity index (χ4n) is 7.38. The average molecular weight is 724 g/mol. The van der Waals surface area contributed by atoms with Crippen LogP contribution in [0, 0.1) is 11.3 Å². The van der Waals surface area contributed by atoms with Crippen LogP contribution in [0.25, 0.3) is 0 Å². The molecule has 4 fully saturated rings. The van der Waals surface area contributed by atoms with Crippen LogP contribution in [0.4, 0.5) is 10.5 Å². The van der Waals surface area contributed by atoms with E-state index in [1.54, 1.807) is 4.90 Å². The van der Waals surface area contributed by atoms with Gasteiger partial charge in [-0.15, -0.1) is 0 Å². The maximum Gasteiger partial charge on any atom is 0.410 e. The van der Waals surface area contributed by atoms with Crippen molar-refractivity contribution in [2.75, 3.05) is 44.2 Å². The lowest BCUT2D eigenvalue weighted by molar-refractivity contribution is -0.161. The number of hydrogen-bond donors (Lipinski definition) is 0. The third kappa shape index (κ3) is 8.12. The van der Waals surface area contributed by atoms with Crippen molar-refractivity contribution < 1.29 is 23.9 Å². The Kier molecular flexibility index (Phi) is 9.77. The van der Waals surface area contributed by atoms with Crippen molar-refractivity contribution in [2.45, 2.75) is 96.9 Å². The van der Waals surface area contributed by atoms with Gasteiger partial charge in [-0.05, 0) is 103 Å². The van der Waals surface area contributed by atoms with Crippen LogP contribution < -0.4 is 9.64 Å². The lowest BCUT2D eigenvalue weighted by Gasteiger charge is -2.55. The quantitative estimate of drug-likeness (QED) is 0.296. The van der Waals surface area contributed by atoms with Crippen molar-refractivity contribution in [1.29, 1.82) is 0 Å². The molecule has 1 saturated carbocycles. The van der Waals surface area contributed by atoms with E-state index in [1.807, 2.05) is 69.9 Å². The number of rotatable bonds is 8. The summed E-state index contributed by atoms with van der Waals surface area (Å²) < 4.78 is 13.0. The Bertz CT molecular complexity index is 1490. The Balaban J connectivity index is 1.03. The summed E-state index contributed by atoms with van der Waals surface area (Å²) in [6.45, 7) is 14.2. The Morgan fingerprint density at radius 2 is 1.60 bits per heavy atom. The van der Waals surface area contributed by atoms with Gasteiger partial charge in [-0.25, -0.2) is 4.79 Å². The van der Waals surface area contributed by atoms with Crippen LogP contribution in [-0.2, 0) is 20.9 Å². The first-order valence-electron chi connectivity index (χ1n) is 17.6. The molecule has 0 radical (unpaired) electrons. The van der Waals surface area contributed by atoms with Crippen molar-refractivity contribution in [3.05, 3.63) is 58.6 Å². The number of amides is 3. The number of piperidine rings is 2. The molecule has 3 amide bonds. The highest BCUT2D eigenvalue weighted by Gasteiger charge is 2.50. The highest BCUT2D eigenvalue weighted by molar-refractivity contribution is 9.10. The summed E-state index contributed by atoms with van der Waals surface area (Å²) >= 11 is 3.51. The van der Waals surface area contributed by atoms with Crippen LogP contribution in [0.2, 0.25) is 0 Å². The zero-order valence-electron chi connectivity index (χ0n) is 29.2. The van der Waals surface area contributed by atoms with Gasteiger partial charge in [0.05, 0.1) is 5.92 Å². The fourth-order valence-corrected chi connectivity index (χ4v) is 7.65. The first-order valence-corrected chi connectivity index (χ1v) is 18.4. The molecule has 3 saturated heterocycles. The van der Waals surface area contributed by atoms with Crippen molar-refractivity contribution in [3.63, 3.8) is 0 Å². The summed E-state index contributed by atoms with van der Waals surface area (Å²) in [5.74, 6) is 0.831. The minimum atomic E-state index is -1.03. The number of hydrogen-bond acceptors (Lipinski definition) is 6. The first kappa shape index (κ1) is 34.6. The topological polar surface area (TPSA) is 82.6 Å². The van der Waals surface area contributed by atoms with E-state index in [9.17, 15) is 14.4 Å². The monoisotopic (exact) mass is 722 g/mol. The number of benzene rings is 2. The maximum absolute atomic E-state index is 13.9. The molecule has 9 nitrogen and oxygen atoms in total. The molecule has 2 aromatic rings. The highest BCUT2D eigenvalue weighted by Crippen LogP contribution is 2.42. The van der Waals surface area contributed by atoms with Crippen LogP contribution in [0.1, 0.15) is 78.7 Å². The fraction of sp³-hybridized carbons (Fsp3) is 0.605. The lowest BCUT2D eigenvalue weighted by atomic mass is 9.71. The molecular weight excluding hydrogens is 672 g/mol. The lowest BCUT2D eigenvalue weighted by Crippen LogP contribution is -2.65. The normalized spacial score (nSPS) is 21.0. The van der Waals surface area contributed by atoms with Crippen LogP contribution in [0.3, 0.4) is 0 Å². The molecule has 10 heteroatoms. The largest absolute Gasteiger partial charge is 0.478 e. The van der Waals surface area contributed by atoms with Crippen molar-refractivity contribution in [1.82, 2.24) is 14.7 Å². The molecule has 0 unspecified atom stereocenters. The number of likely N-dealkylation sites (tertiary alicyclic amines) is 2. The third-order valence-electron chi connectivity index (χ3n) is 10.2. The molecule has 0 bridgehead atoms. The highest BCUT2D eigenvalue weighted by atomic mass is 79.9. The minimum Gasteiger partial charge on any atom is -0.478 e. The molecular formula is C38H51BrN4O5. The molecule has 0 N–H and O–H groups in total. The van der Waals surface area contributed by atoms with Gasteiger partial charge < -0.3 is 29.1 Å². The second kappa shape index (κ2) is 13.6. The van der Waals surface area contributed by atoms with Crippen LogP contribution in [0.15, 0.2) is 53.0 Å². The van der Waals surface area contributed by atoms with Gasteiger partial charge >= 0.3 is 6.09 Å². The number of halogens is 1. The van der Waals surface area contributed by atoms with E-state index in [2.05, 4.69) is 43.9 Å². The number of carbonyl (C=O) groups is 3. The summed E-state index contributed by atoms with van der Waals surface area (Å²) in [7, 11) is 0. The van der Waals surface area contributed by atoms with E-state index < -0.39 is 11.2 Å².